The van der Waals surface area contributed by atoms with Crippen LogP contribution in [-0.4, -0.2) is 29.3 Å². The van der Waals surface area contributed by atoms with E-state index in [1.807, 2.05) is 0 Å². The molecule has 90 valence electrons. The van der Waals surface area contributed by atoms with Crippen molar-refractivity contribution in [1.82, 2.24) is 0 Å². The van der Waals surface area contributed by atoms with Crippen molar-refractivity contribution in [2.45, 2.75) is 0 Å². The average molecular weight is 264 g/mol. The van der Waals surface area contributed by atoms with Crippen molar-refractivity contribution >= 4 is 31.4 Å². The predicted octanol–water partition coefficient (Wildman–Crippen LogP) is -0.00560. The molecule has 0 unspecified atom stereocenters. The Bertz CT molecular complexity index is 560. The number of nitrogens with two attached hydrogens (primary N) is 1. The van der Waals surface area contributed by atoms with E-state index < -0.39 is 20.0 Å². The Morgan fingerprint density at radius 1 is 1.00 bits per heavy atom. The van der Waals surface area contributed by atoms with Crippen molar-refractivity contribution in [2.75, 3.05) is 22.0 Å². The highest BCUT2D eigenvalue weighted by Gasteiger charge is 2.28. The fraction of sp³-hybridized carbons (Fsp3) is 0.250. The third kappa shape index (κ3) is 2.64. The lowest BCUT2D eigenvalue weighted by Gasteiger charge is -2.20. The smallest absolute Gasteiger partial charge is 0.245 e. The Morgan fingerprint density at radius 3 is 1.81 bits per heavy atom. The van der Waals surface area contributed by atoms with Crippen LogP contribution < -0.4 is 9.44 Å². The van der Waals surface area contributed by atoms with Crippen LogP contribution in [0.2, 0.25) is 0 Å². The lowest BCUT2D eigenvalue weighted by molar-refractivity contribution is 0.591. The summed E-state index contributed by atoms with van der Waals surface area (Å²) in [5, 5.41) is 0. The molecule has 0 aliphatic rings. The molecule has 8 heteroatoms. The average Bonchev–Trinajstić information content (AvgIpc) is 2.03. The second-order valence-electron chi connectivity index (χ2n) is 3.28. The van der Waals surface area contributed by atoms with E-state index in [-0.39, 0.29) is 11.4 Å². The van der Waals surface area contributed by atoms with Crippen molar-refractivity contribution in [1.29, 1.82) is 0 Å². The summed E-state index contributed by atoms with van der Waals surface area (Å²) in [6.07, 6.45) is 1.61. The van der Waals surface area contributed by atoms with Gasteiger partial charge in [-0.3, -0.25) is 0 Å². The van der Waals surface area contributed by atoms with E-state index in [1.54, 1.807) is 6.07 Å². The van der Waals surface area contributed by atoms with Crippen molar-refractivity contribution < 1.29 is 16.8 Å². The van der Waals surface area contributed by atoms with Crippen molar-refractivity contribution in [2.24, 2.45) is 0 Å². The van der Waals surface area contributed by atoms with Crippen LogP contribution in [0.3, 0.4) is 0 Å². The molecule has 16 heavy (non-hydrogen) atoms. The van der Waals surface area contributed by atoms with Gasteiger partial charge in [-0.15, -0.1) is 0 Å². The molecule has 1 aromatic carbocycles. The quantitative estimate of drug-likeness (QED) is 0.775. The van der Waals surface area contributed by atoms with Gasteiger partial charge in [-0.2, -0.15) is 3.71 Å². The highest BCUT2D eigenvalue weighted by molar-refractivity contribution is 8.09. The van der Waals surface area contributed by atoms with Crippen LogP contribution in [0.25, 0.3) is 0 Å². The number of hydrogen-bond acceptors (Lipinski definition) is 5. The van der Waals surface area contributed by atoms with Gasteiger partial charge in [0.15, 0.2) is 0 Å². The molecule has 0 aromatic heterocycles. The number of para-hydroxylation sites is 2. The first kappa shape index (κ1) is 12.8. The molecule has 0 aliphatic heterocycles. The van der Waals surface area contributed by atoms with E-state index in [4.69, 9.17) is 5.73 Å². The SMILES string of the molecule is CS(=O)(=O)N(c1ccccc1N)S(C)(=O)=O. The molecule has 0 saturated heterocycles. The zero-order valence-electron chi connectivity index (χ0n) is 8.78. The fourth-order valence-corrected chi connectivity index (χ4v) is 4.27. The summed E-state index contributed by atoms with van der Waals surface area (Å²) in [7, 11) is -7.87. The van der Waals surface area contributed by atoms with Crippen LogP contribution in [0.15, 0.2) is 24.3 Å². The maximum atomic E-state index is 11.4. The molecule has 6 nitrogen and oxygen atoms in total. The minimum atomic E-state index is -3.93. The molecular formula is C8H12N2O4S2. The number of benzene rings is 1. The summed E-state index contributed by atoms with van der Waals surface area (Å²) in [6, 6.07) is 5.85. The van der Waals surface area contributed by atoms with Gasteiger partial charge in [0.25, 0.3) is 0 Å². The Morgan fingerprint density at radius 2 is 1.44 bits per heavy atom. The van der Waals surface area contributed by atoms with Crippen molar-refractivity contribution in [3.05, 3.63) is 24.3 Å². The van der Waals surface area contributed by atoms with Crippen LogP contribution in [0.1, 0.15) is 0 Å². The first-order chi connectivity index (χ1) is 7.14. The maximum Gasteiger partial charge on any atom is 0.245 e. The Kier molecular flexibility index (Phi) is 3.15. The summed E-state index contributed by atoms with van der Waals surface area (Å²) < 4.78 is 46.0. The number of nitrogens with zero attached hydrogens (tertiary/aromatic N) is 1. The zero-order valence-corrected chi connectivity index (χ0v) is 10.4. The lowest BCUT2D eigenvalue weighted by Crippen LogP contribution is -2.35. The summed E-state index contributed by atoms with van der Waals surface area (Å²) in [6.45, 7) is 0. The summed E-state index contributed by atoms with van der Waals surface area (Å²) in [5.74, 6) is 0. The lowest BCUT2D eigenvalue weighted by atomic mass is 10.3. The number of sulfonamides is 2. The van der Waals surface area contributed by atoms with E-state index in [1.165, 1.54) is 18.2 Å². The first-order valence-corrected chi connectivity index (χ1v) is 7.88. The normalized spacial score (nSPS) is 12.4. The van der Waals surface area contributed by atoms with E-state index >= 15 is 0 Å². The molecule has 1 aromatic rings. The van der Waals surface area contributed by atoms with Gasteiger partial charge in [-0.05, 0) is 12.1 Å². The molecule has 2 N–H and O–H groups in total. The number of hydrogen-bond donors (Lipinski definition) is 1. The molecule has 0 radical (unpaired) electrons. The van der Waals surface area contributed by atoms with E-state index in [0.717, 1.165) is 12.5 Å². The van der Waals surface area contributed by atoms with E-state index in [2.05, 4.69) is 0 Å². The number of rotatable bonds is 3. The maximum absolute atomic E-state index is 11.4. The van der Waals surface area contributed by atoms with Gasteiger partial charge in [0.05, 0.1) is 23.9 Å². The minimum absolute atomic E-state index is 0.0625. The second kappa shape index (κ2) is 3.95. The van der Waals surface area contributed by atoms with Gasteiger partial charge in [-0.25, -0.2) is 16.8 Å². The Labute approximate surface area is 94.8 Å². The molecule has 0 saturated carbocycles. The second-order valence-corrected chi connectivity index (χ2v) is 7.18. The third-order valence-corrected chi connectivity index (χ3v) is 4.96. The molecule has 0 amide bonds. The fourth-order valence-electron chi connectivity index (χ4n) is 1.26. The number of anilines is 2. The van der Waals surface area contributed by atoms with Gasteiger partial charge < -0.3 is 5.73 Å². The van der Waals surface area contributed by atoms with Gasteiger partial charge >= 0.3 is 0 Å². The number of nitrogen functional groups attached to an aromatic ring is 1. The first-order valence-electron chi connectivity index (χ1n) is 4.19. The molecule has 0 fully saturated rings. The molecule has 0 heterocycles. The molecule has 1 rings (SSSR count). The van der Waals surface area contributed by atoms with Crippen molar-refractivity contribution in [3.63, 3.8) is 0 Å². The van der Waals surface area contributed by atoms with Crippen LogP contribution >= 0.6 is 0 Å². The Balaban J connectivity index is 3.54. The topological polar surface area (TPSA) is 97.5 Å². The molecule has 0 bridgehead atoms. The van der Waals surface area contributed by atoms with E-state index in [9.17, 15) is 16.8 Å². The molecule has 0 aliphatic carbocycles. The van der Waals surface area contributed by atoms with Crippen LogP contribution in [0.4, 0.5) is 11.4 Å². The van der Waals surface area contributed by atoms with Gasteiger partial charge in [0.1, 0.15) is 0 Å². The van der Waals surface area contributed by atoms with Gasteiger partial charge in [0.2, 0.25) is 20.0 Å². The summed E-state index contributed by atoms with van der Waals surface area (Å²) in [5.41, 5.74) is 5.56. The summed E-state index contributed by atoms with van der Waals surface area (Å²) >= 11 is 0. The largest absolute Gasteiger partial charge is 0.397 e. The molecule has 0 spiro atoms. The summed E-state index contributed by atoms with van der Waals surface area (Å²) in [4.78, 5) is 0. The molecular weight excluding hydrogens is 252 g/mol. The highest BCUT2D eigenvalue weighted by atomic mass is 32.3. The highest BCUT2D eigenvalue weighted by Crippen LogP contribution is 2.26. The Hall–Kier alpha value is -1.28. The third-order valence-electron chi connectivity index (χ3n) is 1.74. The molecule has 0 atom stereocenters. The van der Waals surface area contributed by atoms with Crippen LogP contribution in [0.5, 0.6) is 0 Å². The van der Waals surface area contributed by atoms with Crippen LogP contribution in [-0.2, 0) is 20.0 Å². The van der Waals surface area contributed by atoms with Gasteiger partial charge in [-0.1, -0.05) is 12.1 Å². The van der Waals surface area contributed by atoms with Crippen molar-refractivity contribution in [3.8, 4) is 0 Å². The van der Waals surface area contributed by atoms with E-state index in [0.29, 0.717) is 3.71 Å². The van der Waals surface area contributed by atoms with Crippen LogP contribution in [0, 0.1) is 0 Å². The monoisotopic (exact) mass is 264 g/mol. The van der Waals surface area contributed by atoms with Gasteiger partial charge in [0, 0.05) is 0 Å². The standard InChI is InChI=1S/C8H12N2O4S2/c1-15(11,12)10(16(2,13)14)8-6-4-3-5-7(8)9/h3-6H,9H2,1-2H3. The zero-order chi connectivity index (χ0) is 12.6. The minimum Gasteiger partial charge on any atom is -0.397 e. The predicted molar refractivity (Wildman–Crippen MR) is 63.0 cm³/mol.